The standard InChI is InChI=1S/C23H25BrN6O3/c1-14-11-15(12-19(26-14)17-13-25-29(2)22(17)33)21(32)28-23-27-18-5-3-4-6-20(18)30(23)10-8-16(31)7-9-24/h3-6,11-13,16,31,33H,7-10H2,1-2H3,(H,27,28,32). The lowest BCUT2D eigenvalue weighted by atomic mass is 10.1. The summed E-state index contributed by atoms with van der Waals surface area (Å²) in [4.78, 5) is 25.1. The highest BCUT2D eigenvalue weighted by atomic mass is 79.9. The minimum Gasteiger partial charge on any atom is -0.493 e. The van der Waals surface area contributed by atoms with Gasteiger partial charge in [0, 0.05) is 30.2 Å². The summed E-state index contributed by atoms with van der Waals surface area (Å²) in [7, 11) is 1.62. The third kappa shape index (κ3) is 4.91. The molecule has 0 saturated carbocycles. The molecule has 0 bridgehead atoms. The van der Waals surface area contributed by atoms with E-state index in [1.54, 1.807) is 26.1 Å². The molecule has 10 heteroatoms. The number of H-pyrrole nitrogens is 1. The molecule has 0 radical (unpaired) electrons. The molecule has 0 saturated heterocycles. The SMILES string of the molecule is Cc1cc(C(=O)/N=c2\[nH]c3ccccc3n2CCC(O)CCBr)cc(-c2cnn(C)c2O)n1. The zero-order valence-corrected chi connectivity index (χ0v) is 19.9. The maximum Gasteiger partial charge on any atom is 0.280 e. The molecule has 4 rings (SSSR count). The number of hydrogen-bond acceptors (Lipinski definition) is 5. The molecule has 0 aliphatic carbocycles. The lowest BCUT2D eigenvalue weighted by molar-refractivity contribution is 0.0996. The van der Waals surface area contributed by atoms with Gasteiger partial charge in [0.2, 0.25) is 11.5 Å². The number of pyridine rings is 1. The van der Waals surface area contributed by atoms with E-state index in [0.29, 0.717) is 47.5 Å². The number of aromatic hydroxyl groups is 1. The molecule has 0 fully saturated rings. The normalized spacial score (nSPS) is 13.0. The first-order valence-electron chi connectivity index (χ1n) is 10.6. The van der Waals surface area contributed by atoms with Gasteiger partial charge in [0.25, 0.3) is 5.91 Å². The second-order valence-electron chi connectivity index (χ2n) is 7.84. The van der Waals surface area contributed by atoms with Crippen molar-refractivity contribution in [2.24, 2.45) is 12.0 Å². The number of aryl methyl sites for hydroxylation is 3. The van der Waals surface area contributed by atoms with Gasteiger partial charge in [-0.15, -0.1) is 0 Å². The van der Waals surface area contributed by atoms with Gasteiger partial charge in [-0.3, -0.25) is 9.78 Å². The Morgan fingerprint density at radius 2 is 2.06 bits per heavy atom. The molecule has 0 aliphatic rings. The van der Waals surface area contributed by atoms with Crippen LogP contribution in [0.4, 0.5) is 0 Å². The summed E-state index contributed by atoms with van der Waals surface area (Å²) in [5.41, 5.74) is 4.03. The Kier molecular flexibility index (Phi) is 6.75. The van der Waals surface area contributed by atoms with Gasteiger partial charge in [-0.25, -0.2) is 4.68 Å². The first-order valence-corrected chi connectivity index (χ1v) is 11.7. The number of rotatable bonds is 7. The van der Waals surface area contributed by atoms with Gasteiger partial charge in [-0.05, 0) is 44.0 Å². The van der Waals surface area contributed by atoms with Crippen LogP contribution in [-0.4, -0.2) is 51.9 Å². The van der Waals surface area contributed by atoms with Gasteiger partial charge < -0.3 is 19.8 Å². The van der Waals surface area contributed by atoms with Crippen molar-refractivity contribution in [2.45, 2.75) is 32.4 Å². The molecule has 3 aromatic heterocycles. The van der Waals surface area contributed by atoms with E-state index in [4.69, 9.17) is 0 Å². The Morgan fingerprint density at radius 1 is 1.27 bits per heavy atom. The largest absolute Gasteiger partial charge is 0.493 e. The van der Waals surface area contributed by atoms with Crippen molar-refractivity contribution in [2.75, 3.05) is 5.33 Å². The maximum atomic E-state index is 13.1. The summed E-state index contributed by atoms with van der Waals surface area (Å²) in [6.45, 7) is 2.29. The van der Waals surface area contributed by atoms with E-state index in [1.165, 1.54) is 10.9 Å². The zero-order chi connectivity index (χ0) is 23.5. The third-order valence-corrected chi connectivity index (χ3v) is 5.87. The number of halogens is 1. The number of amides is 1. The highest BCUT2D eigenvalue weighted by molar-refractivity contribution is 9.09. The minimum atomic E-state index is -0.452. The van der Waals surface area contributed by atoms with Crippen LogP contribution in [0.25, 0.3) is 22.3 Å². The number of fused-ring (bicyclic) bond motifs is 1. The van der Waals surface area contributed by atoms with Crippen LogP contribution < -0.4 is 5.62 Å². The van der Waals surface area contributed by atoms with Crippen LogP contribution in [0.5, 0.6) is 5.88 Å². The number of aliphatic hydroxyl groups excluding tert-OH is 1. The number of aliphatic hydroxyl groups is 1. The van der Waals surface area contributed by atoms with E-state index in [1.807, 2.05) is 28.8 Å². The Balaban J connectivity index is 1.73. The molecule has 172 valence electrons. The number of hydrogen-bond donors (Lipinski definition) is 3. The summed E-state index contributed by atoms with van der Waals surface area (Å²) < 4.78 is 3.25. The van der Waals surface area contributed by atoms with Gasteiger partial charge >= 0.3 is 0 Å². The topological polar surface area (TPSA) is 121 Å². The average Bonchev–Trinajstić information content (AvgIpc) is 3.31. The van der Waals surface area contributed by atoms with E-state index >= 15 is 0 Å². The smallest absolute Gasteiger partial charge is 0.280 e. The highest BCUT2D eigenvalue weighted by Gasteiger charge is 2.16. The van der Waals surface area contributed by atoms with Crippen LogP contribution in [0.3, 0.4) is 0 Å². The molecule has 3 heterocycles. The summed E-state index contributed by atoms with van der Waals surface area (Å²) in [6.07, 6.45) is 2.24. The van der Waals surface area contributed by atoms with Crippen LogP contribution in [0.2, 0.25) is 0 Å². The molecule has 4 aromatic rings. The fourth-order valence-electron chi connectivity index (χ4n) is 3.68. The lowest BCUT2D eigenvalue weighted by Gasteiger charge is -2.10. The predicted molar refractivity (Wildman–Crippen MR) is 128 cm³/mol. The number of alkyl halides is 1. The third-order valence-electron chi connectivity index (χ3n) is 5.42. The fourth-order valence-corrected chi connectivity index (χ4v) is 4.21. The molecule has 33 heavy (non-hydrogen) atoms. The van der Waals surface area contributed by atoms with Crippen LogP contribution >= 0.6 is 15.9 Å². The summed E-state index contributed by atoms with van der Waals surface area (Å²) in [5.74, 6) is -0.467. The van der Waals surface area contributed by atoms with E-state index in [9.17, 15) is 15.0 Å². The van der Waals surface area contributed by atoms with E-state index in [-0.39, 0.29) is 5.88 Å². The molecule has 0 aliphatic heterocycles. The number of para-hydroxylation sites is 2. The fraction of sp³-hybridized carbons (Fsp3) is 0.304. The monoisotopic (exact) mass is 512 g/mol. The molecular formula is C23H25BrN6O3. The Morgan fingerprint density at radius 3 is 2.79 bits per heavy atom. The summed E-state index contributed by atoms with van der Waals surface area (Å²) in [5, 5.41) is 25.2. The van der Waals surface area contributed by atoms with Gasteiger partial charge in [0.05, 0.1) is 34.6 Å². The van der Waals surface area contributed by atoms with Crippen LogP contribution in [0.1, 0.15) is 28.9 Å². The number of nitrogens with zero attached hydrogens (tertiary/aromatic N) is 5. The zero-order valence-electron chi connectivity index (χ0n) is 18.4. The van der Waals surface area contributed by atoms with Crippen molar-refractivity contribution in [3.8, 4) is 17.1 Å². The quantitative estimate of drug-likeness (QED) is 0.328. The first kappa shape index (κ1) is 22.9. The van der Waals surface area contributed by atoms with Crippen molar-refractivity contribution in [3.05, 3.63) is 59.5 Å². The number of aromatic amines is 1. The molecule has 1 unspecified atom stereocenters. The van der Waals surface area contributed by atoms with Crippen LogP contribution in [0.15, 0.2) is 47.6 Å². The number of benzene rings is 1. The van der Waals surface area contributed by atoms with Crippen molar-refractivity contribution in [3.63, 3.8) is 0 Å². The molecule has 1 aromatic carbocycles. The number of carbonyl (C=O) groups is 1. The second-order valence-corrected chi connectivity index (χ2v) is 8.64. The first-order chi connectivity index (χ1) is 15.9. The maximum absolute atomic E-state index is 13.1. The van der Waals surface area contributed by atoms with E-state index in [0.717, 1.165) is 16.4 Å². The number of aromatic nitrogens is 5. The van der Waals surface area contributed by atoms with Crippen LogP contribution in [-0.2, 0) is 13.6 Å². The van der Waals surface area contributed by atoms with Gasteiger partial charge in [0.1, 0.15) is 0 Å². The van der Waals surface area contributed by atoms with Crippen LogP contribution in [0, 0.1) is 6.92 Å². The van der Waals surface area contributed by atoms with E-state index in [2.05, 4.69) is 36.0 Å². The molecule has 1 atom stereocenters. The minimum absolute atomic E-state index is 0.0288. The average molecular weight is 513 g/mol. The van der Waals surface area contributed by atoms with Crippen molar-refractivity contribution >= 4 is 32.9 Å². The molecule has 9 nitrogen and oxygen atoms in total. The molecule has 1 amide bonds. The van der Waals surface area contributed by atoms with Gasteiger partial charge in [0.15, 0.2) is 0 Å². The molecule has 3 N–H and O–H groups in total. The molecular weight excluding hydrogens is 488 g/mol. The Bertz CT molecular complexity index is 1370. The summed E-state index contributed by atoms with van der Waals surface area (Å²) >= 11 is 3.35. The van der Waals surface area contributed by atoms with Gasteiger partial charge in [-0.1, -0.05) is 28.1 Å². The van der Waals surface area contributed by atoms with Crippen molar-refractivity contribution in [1.82, 2.24) is 24.3 Å². The number of imidazole rings is 1. The van der Waals surface area contributed by atoms with E-state index < -0.39 is 12.0 Å². The molecule has 0 spiro atoms. The second kappa shape index (κ2) is 9.72. The number of nitrogens with one attached hydrogen (secondary N) is 1. The Hall–Kier alpha value is -3.24. The summed E-state index contributed by atoms with van der Waals surface area (Å²) in [6, 6.07) is 11.0. The highest BCUT2D eigenvalue weighted by Crippen LogP contribution is 2.27. The lowest BCUT2D eigenvalue weighted by Crippen LogP contribution is -2.23. The van der Waals surface area contributed by atoms with Crippen molar-refractivity contribution in [1.29, 1.82) is 0 Å². The van der Waals surface area contributed by atoms with Crippen molar-refractivity contribution < 1.29 is 15.0 Å². The van der Waals surface area contributed by atoms with Gasteiger partial charge in [-0.2, -0.15) is 10.1 Å². The number of carbonyl (C=O) groups excluding carboxylic acids is 1. The predicted octanol–water partition coefficient (Wildman–Crippen LogP) is 3.06. The Labute approximate surface area is 198 Å².